The molecule has 154 valence electrons. The van der Waals surface area contributed by atoms with Gasteiger partial charge in [-0.2, -0.15) is 0 Å². The van der Waals surface area contributed by atoms with Gasteiger partial charge < -0.3 is 15.5 Å². The van der Waals surface area contributed by atoms with Crippen molar-refractivity contribution < 1.29 is 9.59 Å². The van der Waals surface area contributed by atoms with Crippen LogP contribution in [-0.4, -0.2) is 60.9 Å². The Morgan fingerprint density at radius 1 is 1.07 bits per heavy atom. The summed E-state index contributed by atoms with van der Waals surface area (Å²) < 4.78 is 0. The summed E-state index contributed by atoms with van der Waals surface area (Å²) >= 11 is 6.18. The van der Waals surface area contributed by atoms with Crippen LogP contribution < -0.4 is 10.6 Å². The van der Waals surface area contributed by atoms with E-state index in [0.717, 1.165) is 30.9 Å². The number of likely N-dealkylation sites (N-methyl/N-ethyl adjacent to an activating group) is 1. The average molecular weight is 415 g/mol. The van der Waals surface area contributed by atoms with E-state index in [-0.39, 0.29) is 18.4 Å². The zero-order valence-corrected chi connectivity index (χ0v) is 17.4. The van der Waals surface area contributed by atoms with E-state index in [4.69, 9.17) is 17.3 Å². The minimum atomic E-state index is -0.104. The second-order valence-corrected chi connectivity index (χ2v) is 7.53. The first-order valence-corrected chi connectivity index (χ1v) is 10.3. The molecule has 0 aliphatic carbocycles. The molecular weight excluding hydrogens is 388 g/mol. The lowest BCUT2D eigenvalue weighted by atomic mass is 10.1. The molecule has 1 saturated heterocycles. The van der Waals surface area contributed by atoms with Crippen molar-refractivity contribution in [3.8, 4) is 0 Å². The quantitative estimate of drug-likeness (QED) is 0.736. The molecule has 2 N–H and O–H groups in total. The van der Waals surface area contributed by atoms with Crippen molar-refractivity contribution in [2.45, 2.75) is 13.5 Å². The number of amides is 2. The van der Waals surface area contributed by atoms with Gasteiger partial charge in [0.2, 0.25) is 0 Å². The summed E-state index contributed by atoms with van der Waals surface area (Å²) in [6.07, 6.45) is 0. The number of carbonyl (C=O) groups is 2. The van der Waals surface area contributed by atoms with Gasteiger partial charge in [-0.05, 0) is 30.3 Å². The molecule has 0 unspecified atom stereocenters. The Labute approximate surface area is 176 Å². The van der Waals surface area contributed by atoms with Gasteiger partial charge in [0.1, 0.15) is 0 Å². The van der Waals surface area contributed by atoms with E-state index in [1.807, 2.05) is 29.2 Å². The molecule has 2 aromatic rings. The van der Waals surface area contributed by atoms with Crippen molar-refractivity contribution in [3.05, 3.63) is 64.7 Å². The molecular formula is C22H27ClN4O2. The van der Waals surface area contributed by atoms with Gasteiger partial charge in [0, 0.05) is 42.5 Å². The third-order valence-corrected chi connectivity index (χ3v) is 5.48. The van der Waals surface area contributed by atoms with E-state index in [1.165, 1.54) is 0 Å². The number of nitrogens with zero attached hydrogens (tertiary/aromatic N) is 3. The lowest BCUT2D eigenvalue weighted by molar-refractivity contribution is 0.100. The second-order valence-electron chi connectivity index (χ2n) is 7.09. The van der Waals surface area contributed by atoms with Crippen molar-refractivity contribution in [1.29, 1.82) is 0 Å². The standard InChI is InChI=1S/C22H27ClN4O2/c1-2-25-10-12-26(13-11-25)22(29)27(20-5-3-4-19(23)14-20)16-17-6-8-18(9-7-17)21(28)15-24/h3-9,14H,2,10-13,15-16,24H2,1H3. The molecule has 1 aliphatic heterocycles. The zero-order chi connectivity index (χ0) is 20.8. The fourth-order valence-electron chi connectivity index (χ4n) is 3.44. The van der Waals surface area contributed by atoms with Crippen molar-refractivity contribution in [2.75, 3.05) is 44.2 Å². The highest BCUT2D eigenvalue weighted by atomic mass is 35.5. The van der Waals surface area contributed by atoms with E-state index in [9.17, 15) is 9.59 Å². The predicted octanol–water partition coefficient (Wildman–Crippen LogP) is 3.25. The smallest absolute Gasteiger partial charge is 0.324 e. The Hall–Kier alpha value is -2.41. The number of halogens is 1. The summed E-state index contributed by atoms with van der Waals surface area (Å²) in [6, 6.07) is 14.5. The number of benzene rings is 2. The maximum absolute atomic E-state index is 13.4. The molecule has 2 amide bonds. The summed E-state index contributed by atoms with van der Waals surface area (Å²) in [7, 11) is 0. The first-order valence-electron chi connectivity index (χ1n) is 9.88. The number of Topliss-reactive ketones (excluding diaryl/α,β-unsaturated/α-hetero) is 1. The number of ketones is 1. The fraction of sp³-hybridized carbons (Fsp3) is 0.364. The van der Waals surface area contributed by atoms with Crippen molar-refractivity contribution in [2.24, 2.45) is 5.73 Å². The third kappa shape index (κ3) is 5.35. The lowest BCUT2D eigenvalue weighted by Gasteiger charge is -2.37. The zero-order valence-electron chi connectivity index (χ0n) is 16.7. The molecule has 0 atom stereocenters. The van der Waals surface area contributed by atoms with Gasteiger partial charge in [-0.15, -0.1) is 0 Å². The Morgan fingerprint density at radius 3 is 2.34 bits per heavy atom. The maximum Gasteiger partial charge on any atom is 0.324 e. The van der Waals surface area contributed by atoms with E-state index in [1.54, 1.807) is 29.2 Å². The summed E-state index contributed by atoms with van der Waals surface area (Å²) in [6.45, 7) is 6.66. The van der Waals surface area contributed by atoms with Crippen LogP contribution in [-0.2, 0) is 6.54 Å². The molecule has 0 bridgehead atoms. The molecule has 0 radical (unpaired) electrons. The Balaban J connectivity index is 1.82. The summed E-state index contributed by atoms with van der Waals surface area (Å²) in [5.41, 5.74) is 7.69. The van der Waals surface area contributed by atoms with Crippen molar-refractivity contribution >= 4 is 29.1 Å². The Bertz CT molecular complexity index is 848. The number of rotatable bonds is 6. The van der Waals surface area contributed by atoms with Gasteiger partial charge in [-0.3, -0.25) is 9.69 Å². The second kappa shape index (κ2) is 9.87. The normalized spacial score (nSPS) is 14.7. The molecule has 2 aromatic carbocycles. The van der Waals surface area contributed by atoms with Crippen LogP contribution in [0.2, 0.25) is 5.02 Å². The molecule has 1 heterocycles. The third-order valence-electron chi connectivity index (χ3n) is 5.24. The van der Waals surface area contributed by atoms with Gasteiger partial charge in [0.15, 0.2) is 5.78 Å². The maximum atomic E-state index is 13.4. The largest absolute Gasteiger partial charge is 0.324 e. The van der Waals surface area contributed by atoms with Gasteiger partial charge >= 0.3 is 6.03 Å². The molecule has 0 aromatic heterocycles. The average Bonchev–Trinajstić information content (AvgIpc) is 2.77. The minimum Gasteiger partial charge on any atom is -0.324 e. The number of anilines is 1. The molecule has 0 spiro atoms. The van der Waals surface area contributed by atoms with Gasteiger partial charge in [-0.1, -0.05) is 48.9 Å². The van der Waals surface area contributed by atoms with Crippen LogP contribution >= 0.6 is 11.6 Å². The molecule has 1 fully saturated rings. The molecule has 0 saturated carbocycles. The van der Waals surface area contributed by atoms with Gasteiger partial charge in [0.25, 0.3) is 0 Å². The number of hydrogen-bond donors (Lipinski definition) is 1. The first kappa shape index (κ1) is 21.3. The predicted molar refractivity (Wildman–Crippen MR) is 117 cm³/mol. The van der Waals surface area contributed by atoms with Crippen LogP contribution in [0.5, 0.6) is 0 Å². The molecule has 3 rings (SSSR count). The van der Waals surface area contributed by atoms with Crippen LogP contribution in [0.4, 0.5) is 10.5 Å². The summed E-state index contributed by atoms with van der Waals surface area (Å²) in [5.74, 6) is -0.104. The number of hydrogen-bond acceptors (Lipinski definition) is 4. The van der Waals surface area contributed by atoms with Crippen LogP contribution in [0.1, 0.15) is 22.8 Å². The van der Waals surface area contributed by atoms with Crippen LogP contribution in [0.3, 0.4) is 0 Å². The highest BCUT2D eigenvalue weighted by Crippen LogP contribution is 2.23. The Kier molecular flexibility index (Phi) is 7.25. The Morgan fingerprint density at radius 2 is 1.76 bits per heavy atom. The minimum absolute atomic E-state index is 0.0176. The molecule has 7 heteroatoms. The SMILES string of the molecule is CCN1CCN(C(=O)N(Cc2ccc(C(=O)CN)cc2)c2cccc(Cl)c2)CC1. The van der Waals surface area contributed by atoms with E-state index >= 15 is 0 Å². The van der Waals surface area contributed by atoms with Crippen molar-refractivity contribution in [3.63, 3.8) is 0 Å². The molecule has 6 nitrogen and oxygen atoms in total. The summed E-state index contributed by atoms with van der Waals surface area (Å²) in [4.78, 5) is 31.1. The van der Waals surface area contributed by atoms with Gasteiger partial charge in [0.05, 0.1) is 13.1 Å². The van der Waals surface area contributed by atoms with Crippen molar-refractivity contribution in [1.82, 2.24) is 9.80 Å². The topological polar surface area (TPSA) is 69.9 Å². The lowest BCUT2D eigenvalue weighted by Crippen LogP contribution is -2.52. The van der Waals surface area contributed by atoms with Crippen LogP contribution in [0.15, 0.2) is 48.5 Å². The van der Waals surface area contributed by atoms with E-state index in [0.29, 0.717) is 30.2 Å². The number of piperazine rings is 1. The number of carbonyl (C=O) groups excluding carboxylic acids is 2. The van der Waals surface area contributed by atoms with E-state index in [2.05, 4.69) is 11.8 Å². The first-order chi connectivity index (χ1) is 14.0. The highest BCUT2D eigenvalue weighted by molar-refractivity contribution is 6.30. The monoisotopic (exact) mass is 414 g/mol. The molecule has 29 heavy (non-hydrogen) atoms. The van der Waals surface area contributed by atoms with Gasteiger partial charge in [-0.25, -0.2) is 4.79 Å². The summed E-state index contributed by atoms with van der Waals surface area (Å²) in [5, 5.41) is 0.583. The van der Waals surface area contributed by atoms with Crippen LogP contribution in [0.25, 0.3) is 0 Å². The van der Waals surface area contributed by atoms with Crippen LogP contribution in [0, 0.1) is 0 Å². The number of nitrogens with two attached hydrogens (primary N) is 1. The number of urea groups is 1. The highest BCUT2D eigenvalue weighted by Gasteiger charge is 2.26. The fourth-order valence-corrected chi connectivity index (χ4v) is 3.62. The molecule has 1 aliphatic rings. The van der Waals surface area contributed by atoms with E-state index < -0.39 is 0 Å².